The number of aliphatic hydroxyl groups excluding tert-OH is 1. The van der Waals surface area contributed by atoms with Crippen LogP contribution in [0.3, 0.4) is 0 Å². The highest BCUT2D eigenvalue weighted by atomic mass is 19.4. The summed E-state index contributed by atoms with van der Waals surface area (Å²) >= 11 is 0. The van der Waals surface area contributed by atoms with E-state index in [1.54, 1.807) is 6.92 Å². The van der Waals surface area contributed by atoms with Crippen molar-refractivity contribution in [2.24, 2.45) is 0 Å². The summed E-state index contributed by atoms with van der Waals surface area (Å²) in [5.74, 6) is -1.34. The summed E-state index contributed by atoms with van der Waals surface area (Å²) < 4.78 is 50.2. The van der Waals surface area contributed by atoms with Gasteiger partial charge in [-0.3, -0.25) is 0 Å². The van der Waals surface area contributed by atoms with E-state index in [0.29, 0.717) is 17.7 Å². The summed E-state index contributed by atoms with van der Waals surface area (Å²) in [7, 11) is 0. The van der Waals surface area contributed by atoms with Gasteiger partial charge >= 0.3 is 6.18 Å². The highest BCUT2D eigenvalue weighted by Gasteiger charge is 2.34. The Hall–Kier alpha value is -1.36. The predicted molar refractivity (Wildman–Crippen MR) is 55.8 cm³/mol. The molecule has 1 aromatic carbocycles. The second-order valence-corrected chi connectivity index (χ2v) is 3.91. The van der Waals surface area contributed by atoms with Crippen molar-refractivity contribution < 1.29 is 22.7 Å². The fourth-order valence-electron chi connectivity index (χ4n) is 1.42. The Balaban J connectivity index is 3.08. The maximum Gasteiger partial charge on any atom is 0.419 e. The minimum atomic E-state index is -4.76. The van der Waals surface area contributed by atoms with Gasteiger partial charge < -0.3 is 5.11 Å². The average molecular weight is 248 g/mol. The lowest BCUT2D eigenvalue weighted by molar-refractivity contribution is -0.140. The van der Waals surface area contributed by atoms with Gasteiger partial charge in [0.25, 0.3) is 0 Å². The lowest BCUT2D eigenvalue weighted by Crippen LogP contribution is -2.10. The van der Waals surface area contributed by atoms with Crippen LogP contribution in [0.25, 0.3) is 0 Å². The van der Waals surface area contributed by atoms with Crippen LogP contribution in [0.1, 0.15) is 30.6 Å². The third kappa shape index (κ3) is 3.56. The van der Waals surface area contributed by atoms with Crippen molar-refractivity contribution in [2.75, 3.05) is 0 Å². The summed E-state index contributed by atoms with van der Waals surface area (Å²) in [6.07, 6.45) is -5.72. The van der Waals surface area contributed by atoms with Gasteiger partial charge in [-0.1, -0.05) is 11.6 Å². The monoisotopic (exact) mass is 248 g/mol. The third-order valence-electron chi connectivity index (χ3n) is 2.22. The fraction of sp³-hybridized carbons (Fsp3) is 0.333. The molecule has 17 heavy (non-hydrogen) atoms. The summed E-state index contributed by atoms with van der Waals surface area (Å²) in [5, 5.41) is 9.62. The van der Waals surface area contributed by atoms with Gasteiger partial charge in [0.15, 0.2) is 0 Å². The average Bonchev–Trinajstić information content (AvgIpc) is 2.15. The third-order valence-corrected chi connectivity index (χ3v) is 2.22. The highest BCUT2D eigenvalue weighted by molar-refractivity contribution is 5.29. The van der Waals surface area contributed by atoms with E-state index in [-0.39, 0.29) is 12.0 Å². The van der Waals surface area contributed by atoms with Crippen LogP contribution in [0.4, 0.5) is 17.6 Å². The molecule has 0 spiro atoms. The lowest BCUT2D eigenvalue weighted by Gasteiger charge is -2.14. The van der Waals surface area contributed by atoms with Gasteiger partial charge in [-0.05, 0) is 31.0 Å². The van der Waals surface area contributed by atoms with Crippen LogP contribution in [-0.4, -0.2) is 5.11 Å². The second kappa shape index (κ2) is 4.87. The number of hydrogen-bond donors (Lipinski definition) is 1. The molecular formula is C12H12F4O. The topological polar surface area (TPSA) is 20.2 Å². The number of rotatable bonds is 3. The van der Waals surface area contributed by atoms with Gasteiger partial charge in [0.05, 0.1) is 11.7 Å². The van der Waals surface area contributed by atoms with Crippen molar-refractivity contribution in [2.45, 2.75) is 25.6 Å². The zero-order chi connectivity index (χ0) is 13.2. The predicted octanol–water partition coefficient (Wildman–Crippen LogP) is 3.84. The van der Waals surface area contributed by atoms with Crippen molar-refractivity contribution >= 4 is 0 Å². The summed E-state index contributed by atoms with van der Waals surface area (Å²) in [6.45, 7) is 5.20. The van der Waals surface area contributed by atoms with E-state index in [4.69, 9.17) is 0 Å². The number of hydrogen-bond acceptors (Lipinski definition) is 1. The Morgan fingerprint density at radius 1 is 1.41 bits per heavy atom. The molecule has 1 unspecified atom stereocenters. The first kappa shape index (κ1) is 13.7. The van der Waals surface area contributed by atoms with E-state index in [0.717, 1.165) is 6.07 Å². The second-order valence-electron chi connectivity index (χ2n) is 3.91. The Bertz CT molecular complexity index is 423. The minimum absolute atomic E-state index is 0.0294. The van der Waals surface area contributed by atoms with Gasteiger partial charge in [0.1, 0.15) is 5.82 Å². The maximum absolute atomic E-state index is 13.0. The van der Waals surface area contributed by atoms with Crippen LogP contribution in [-0.2, 0) is 6.18 Å². The molecule has 1 nitrogen and oxygen atoms in total. The van der Waals surface area contributed by atoms with E-state index >= 15 is 0 Å². The largest absolute Gasteiger partial charge is 0.419 e. The van der Waals surface area contributed by atoms with E-state index in [1.807, 2.05) is 0 Å². The molecule has 0 aliphatic carbocycles. The van der Waals surface area contributed by atoms with Gasteiger partial charge in [-0.15, -0.1) is 6.58 Å². The summed E-state index contributed by atoms with van der Waals surface area (Å²) in [6, 6.07) is 2.47. The van der Waals surface area contributed by atoms with E-state index in [1.165, 1.54) is 0 Å². The minimum Gasteiger partial charge on any atom is -0.388 e. The van der Waals surface area contributed by atoms with Crippen molar-refractivity contribution in [3.63, 3.8) is 0 Å². The molecule has 5 heteroatoms. The van der Waals surface area contributed by atoms with E-state index < -0.39 is 23.7 Å². The SMILES string of the molecule is C=C(C)CC(O)c1ccc(F)c(C(F)(F)F)c1. The van der Waals surface area contributed by atoms with Crippen LogP contribution in [0.2, 0.25) is 0 Å². The highest BCUT2D eigenvalue weighted by Crippen LogP contribution is 2.33. The normalized spacial score (nSPS) is 13.5. The molecule has 1 rings (SSSR count). The van der Waals surface area contributed by atoms with Crippen LogP contribution in [0, 0.1) is 5.82 Å². The van der Waals surface area contributed by atoms with Crippen molar-refractivity contribution in [1.29, 1.82) is 0 Å². The quantitative estimate of drug-likeness (QED) is 0.636. The molecule has 0 saturated carbocycles. The lowest BCUT2D eigenvalue weighted by atomic mass is 10.0. The molecule has 1 aromatic rings. The van der Waals surface area contributed by atoms with Gasteiger partial charge in [0.2, 0.25) is 0 Å². The first-order valence-electron chi connectivity index (χ1n) is 4.91. The number of benzene rings is 1. The molecule has 0 heterocycles. The number of aliphatic hydroxyl groups is 1. The first-order chi connectivity index (χ1) is 7.71. The number of halogens is 4. The smallest absolute Gasteiger partial charge is 0.388 e. The van der Waals surface area contributed by atoms with Crippen LogP contribution in [0.5, 0.6) is 0 Å². The van der Waals surface area contributed by atoms with Crippen molar-refractivity contribution in [1.82, 2.24) is 0 Å². The fourth-order valence-corrected chi connectivity index (χ4v) is 1.42. The molecule has 0 aliphatic heterocycles. The Labute approximate surface area is 96.4 Å². The molecule has 0 amide bonds. The standard InChI is InChI=1S/C12H12F4O/c1-7(2)5-11(17)8-3-4-10(13)9(6-8)12(14,15)16/h3-4,6,11,17H,1,5H2,2H3. The van der Waals surface area contributed by atoms with E-state index in [9.17, 15) is 22.7 Å². The van der Waals surface area contributed by atoms with Gasteiger partial charge in [0, 0.05) is 0 Å². The van der Waals surface area contributed by atoms with Gasteiger partial charge in [-0.25, -0.2) is 4.39 Å². The molecule has 0 fully saturated rings. The molecule has 0 aromatic heterocycles. The Morgan fingerprint density at radius 3 is 2.47 bits per heavy atom. The zero-order valence-corrected chi connectivity index (χ0v) is 9.18. The van der Waals surface area contributed by atoms with Crippen molar-refractivity contribution in [3.8, 4) is 0 Å². The summed E-state index contributed by atoms with van der Waals surface area (Å²) in [4.78, 5) is 0. The van der Waals surface area contributed by atoms with Crippen LogP contribution < -0.4 is 0 Å². The Morgan fingerprint density at radius 2 is 2.00 bits per heavy atom. The molecule has 0 bridgehead atoms. The van der Waals surface area contributed by atoms with Crippen LogP contribution in [0.15, 0.2) is 30.4 Å². The Kier molecular flexibility index (Phi) is 3.93. The van der Waals surface area contributed by atoms with Crippen LogP contribution >= 0.6 is 0 Å². The molecule has 94 valence electrons. The maximum atomic E-state index is 13.0. The zero-order valence-electron chi connectivity index (χ0n) is 9.18. The first-order valence-corrected chi connectivity index (χ1v) is 4.91. The van der Waals surface area contributed by atoms with Gasteiger partial charge in [-0.2, -0.15) is 13.2 Å². The summed E-state index contributed by atoms with van der Waals surface area (Å²) in [5.41, 5.74) is -0.701. The number of alkyl halides is 3. The molecule has 0 radical (unpaired) electrons. The molecule has 1 N–H and O–H groups in total. The van der Waals surface area contributed by atoms with Crippen molar-refractivity contribution in [3.05, 3.63) is 47.3 Å². The molecule has 1 atom stereocenters. The van der Waals surface area contributed by atoms with E-state index in [2.05, 4.69) is 6.58 Å². The molecular weight excluding hydrogens is 236 g/mol. The molecule has 0 saturated heterocycles. The molecule has 0 aliphatic rings.